The third kappa shape index (κ3) is 5.97. The molecule has 47 heavy (non-hydrogen) atoms. The number of hydrogen-bond acceptors (Lipinski definition) is 7. The fraction of sp³-hybridized carbons (Fsp3) is 0.316. The highest BCUT2D eigenvalue weighted by Gasteiger charge is 2.19. The Hall–Kier alpha value is -4.37. The monoisotopic (exact) mass is 642 g/mol. The van der Waals surface area contributed by atoms with E-state index in [-0.39, 0.29) is 0 Å². The second-order valence-electron chi connectivity index (χ2n) is 13.0. The minimum absolute atomic E-state index is 0.628. The summed E-state index contributed by atoms with van der Waals surface area (Å²) in [5, 5.41) is 10.2. The van der Waals surface area contributed by atoms with Crippen LogP contribution in [0, 0.1) is 13.8 Å². The Kier molecular flexibility index (Phi) is 8.09. The van der Waals surface area contributed by atoms with Crippen molar-refractivity contribution in [1.82, 2.24) is 34.4 Å². The molecule has 6 heterocycles. The molecular formula is C38H39ClN8. The summed E-state index contributed by atoms with van der Waals surface area (Å²) < 4.78 is 1.84. The lowest BCUT2D eigenvalue weighted by molar-refractivity contribution is 0.331. The summed E-state index contributed by atoms with van der Waals surface area (Å²) in [4.78, 5) is 19.4. The van der Waals surface area contributed by atoms with E-state index in [9.17, 15) is 0 Å². The van der Waals surface area contributed by atoms with Crippen LogP contribution in [-0.2, 0) is 13.1 Å². The van der Waals surface area contributed by atoms with Crippen molar-refractivity contribution in [3.63, 3.8) is 0 Å². The fourth-order valence-corrected chi connectivity index (χ4v) is 7.51. The van der Waals surface area contributed by atoms with E-state index in [4.69, 9.17) is 31.7 Å². The van der Waals surface area contributed by atoms with Crippen molar-refractivity contribution < 1.29 is 0 Å². The fourth-order valence-electron chi connectivity index (χ4n) is 7.24. The summed E-state index contributed by atoms with van der Waals surface area (Å²) in [6, 6.07) is 19.0. The Labute approximate surface area is 280 Å². The Balaban J connectivity index is 1.09. The van der Waals surface area contributed by atoms with E-state index in [0.29, 0.717) is 16.5 Å². The Morgan fingerprint density at radius 1 is 0.766 bits per heavy atom. The molecule has 2 aromatic carbocycles. The lowest BCUT2D eigenvalue weighted by Gasteiger charge is -2.17. The van der Waals surface area contributed by atoms with Crippen molar-refractivity contribution >= 4 is 39.7 Å². The Morgan fingerprint density at radius 3 is 2.21 bits per heavy atom. The van der Waals surface area contributed by atoms with Crippen LogP contribution in [0.3, 0.4) is 0 Å². The number of hydrogen-bond donors (Lipinski definition) is 1. The summed E-state index contributed by atoms with van der Waals surface area (Å²) in [5.74, 6) is 1.43. The smallest absolute Gasteiger partial charge is 0.182 e. The molecule has 2 fully saturated rings. The maximum Gasteiger partial charge on any atom is 0.182 e. The molecule has 8 nitrogen and oxygen atoms in total. The molecule has 8 rings (SSSR count). The average Bonchev–Trinajstić information content (AvgIpc) is 3.86. The molecule has 238 valence electrons. The van der Waals surface area contributed by atoms with Gasteiger partial charge in [-0.3, -0.25) is 14.8 Å². The van der Waals surface area contributed by atoms with Gasteiger partial charge in [-0.25, -0.2) is 14.5 Å². The molecule has 0 unspecified atom stereocenters. The first kappa shape index (κ1) is 30.0. The number of nitrogens with zero attached hydrogens (tertiary/aromatic N) is 7. The number of rotatable bonds is 8. The largest absolute Gasteiger partial charge is 0.338 e. The minimum Gasteiger partial charge on any atom is -0.338 e. The number of nitrogens with one attached hydrogen (secondary N) is 1. The first-order valence-electron chi connectivity index (χ1n) is 16.7. The van der Waals surface area contributed by atoms with Gasteiger partial charge in [0.05, 0.1) is 5.02 Å². The molecule has 6 aromatic rings. The molecule has 4 aromatic heterocycles. The number of pyridine rings is 3. The van der Waals surface area contributed by atoms with Crippen LogP contribution in [-0.4, -0.2) is 60.5 Å². The summed E-state index contributed by atoms with van der Waals surface area (Å²) in [6.45, 7) is 10.7. The zero-order valence-corrected chi connectivity index (χ0v) is 27.8. The summed E-state index contributed by atoms with van der Waals surface area (Å²) >= 11 is 6.74. The zero-order chi connectivity index (χ0) is 31.9. The van der Waals surface area contributed by atoms with Gasteiger partial charge in [0.1, 0.15) is 5.52 Å². The van der Waals surface area contributed by atoms with Gasteiger partial charge >= 0.3 is 0 Å². The lowest BCUT2D eigenvalue weighted by Crippen LogP contribution is -2.18. The Bertz CT molecular complexity index is 2090. The molecule has 0 bridgehead atoms. The van der Waals surface area contributed by atoms with Crippen LogP contribution in [0.4, 0.5) is 11.5 Å². The number of fused-ring (bicyclic) bond motifs is 2. The van der Waals surface area contributed by atoms with Crippen molar-refractivity contribution in [2.24, 2.45) is 0 Å². The predicted octanol–water partition coefficient (Wildman–Crippen LogP) is 8.21. The molecule has 1 N–H and O–H groups in total. The number of benzene rings is 2. The van der Waals surface area contributed by atoms with Gasteiger partial charge in [0.25, 0.3) is 0 Å². The molecule has 0 atom stereocenters. The molecule has 0 radical (unpaired) electrons. The third-order valence-electron chi connectivity index (χ3n) is 9.76. The molecular weight excluding hydrogens is 604 g/mol. The molecule has 9 heteroatoms. The number of anilines is 2. The van der Waals surface area contributed by atoms with Gasteiger partial charge in [0.15, 0.2) is 17.3 Å². The maximum atomic E-state index is 6.74. The number of aromatic nitrogens is 5. The molecule has 2 aliphatic rings. The van der Waals surface area contributed by atoms with Gasteiger partial charge in [0.2, 0.25) is 0 Å². The average molecular weight is 643 g/mol. The SMILES string of the molecule is Cc1c(Nc2nccc3cc(CN4CCCC4)cnc23)cccc1-c1cccc(-c2nc3c(Cl)cc(CN4CCCC4)cn3n2)c1C. The van der Waals surface area contributed by atoms with Crippen molar-refractivity contribution in [2.75, 3.05) is 31.5 Å². The van der Waals surface area contributed by atoms with Gasteiger partial charge in [-0.05, 0) is 123 Å². The molecule has 0 spiro atoms. The summed E-state index contributed by atoms with van der Waals surface area (Å²) in [5.41, 5.74) is 10.5. The van der Waals surface area contributed by atoms with E-state index in [1.807, 2.05) is 29.0 Å². The standard InChI is InChI=1S/C38H39ClN8/c1-25-30(9-7-11-32(25)36-43-38-33(39)20-28(24-47(38)44-36)23-46-17-5-6-18-46)31-10-8-12-34(26(31)2)42-37-35-29(13-14-40-37)19-27(21-41-35)22-45-15-3-4-16-45/h7-14,19-21,24H,3-6,15-18,22-23H2,1-2H3,(H,40,42). The van der Waals surface area contributed by atoms with Crippen LogP contribution in [0.25, 0.3) is 39.1 Å². The van der Waals surface area contributed by atoms with Crippen LogP contribution in [0.1, 0.15) is 47.9 Å². The quantitative estimate of drug-likeness (QED) is 0.179. The van der Waals surface area contributed by atoms with Crippen molar-refractivity contribution in [3.05, 3.63) is 100 Å². The Morgan fingerprint density at radius 2 is 1.45 bits per heavy atom. The van der Waals surface area contributed by atoms with E-state index in [2.05, 4.69) is 77.6 Å². The highest BCUT2D eigenvalue weighted by atomic mass is 35.5. The molecule has 0 saturated carbocycles. The van der Waals surface area contributed by atoms with Gasteiger partial charge in [-0.1, -0.05) is 41.9 Å². The van der Waals surface area contributed by atoms with Gasteiger partial charge < -0.3 is 5.32 Å². The van der Waals surface area contributed by atoms with Crippen LogP contribution in [0.5, 0.6) is 0 Å². The van der Waals surface area contributed by atoms with E-state index in [0.717, 1.165) is 82.0 Å². The third-order valence-corrected chi connectivity index (χ3v) is 10.0. The van der Waals surface area contributed by atoms with Gasteiger partial charge in [-0.2, -0.15) is 0 Å². The molecule has 2 saturated heterocycles. The predicted molar refractivity (Wildman–Crippen MR) is 190 cm³/mol. The van der Waals surface area contributed by atoms with Crippen molar-refractivity contribution in [2.45, 2.75) is 52.6 Å². The highest BCUT2D eigenvalue weighted by Crippen LogP contribution is 2.36. The van der Waals surface area contributed by atoms with Gasteiger partial charge in [0, 0.05) is 48.3 Å². The first-order chi connectivity index (χ1) is 23.0. The van der Waals surface area contributed by atoms with Crippen LogP contribution in [0.2, 0.25) is 5.02 Å². The second kappa shape index (κ2) is 12.7. The van der Waals surface area contributed by atoms with E-state index in [1.165, 1.54) is 44.3 Å². The van der Waals surface area contributed by atoms with E-state index < -0.39 is 0 Å². The second-order valence-corrected chi connectivity index (χ2v) is 13.4. The van der Waals surface area contributed by atoms with Crippen LogP contribution >= 0.6 is 11.6 Å². The van der Waals surface area contributed by atoms with Crippen LogP contribution < -0.4 is 5.32 Å². The molecule has 0 amide bonds. The van der Waals surface area contributed by atoms with Crippen molar-refractivity contribution in [3.8, 4) is 22.5 Å². The zero-order valence-electron chi connectivity index (χ0n) is 27.0. The minimum atomic E-state index is 0.628. The van der Waals surface area contributed by atoms with Gasteiger partial charge in [-0.15, -0.1) is 5.10 Å². The highest BCUT2D eigenvalue weighted by molar-refractivity contribution is 6.33. The molecule has 0 aliphatic carbocycles. The number of likely N-dealkylation sites (tertiary alicyclic amines) is 2. The van der Waals surface area contributed by atoms with Crippen molar-refractivity contribution in [1.29, 1.82) is 0 Å². The maximum absolute atomic E-state index is 6.74. The van der Waals surface area contributed by atoms with E-state index in [1.54, 1.807) is 0 Å². The number of halogens is 1. The summed E-state index contributed by atoms with van der Waals surface area (Å²) in [6.07, 6.45) is 11.0. The van der Waals surface area contributed by atoms with Crippen LogP contribution in [0.15, 0.2) is 73.2 Å². The summed E-state index contributed by atoms with van der Waals surface area (Å²) in [7, 11) is 0. The molecule has 2 aliphatic heterocycles. The topological polar surface area (TPSA) is 74.5 Å². The normalized spacial score (nSPS) is 15.7. The lowest BCUT2D eigenvalue weighted by atomic mass is 9.92. The first-order valence-corrected chi connectivity index (χ1v) is 17.1. The van der Waals surface area contributed by atoms with E-state index >= 15 is 0 Å².